The van der Waals surface area contributed by atoms with Gasteiger partial charge in [-0.25, -0.2) is 9.48 Å². The number of aromatic carboxylic acids is 1. The summed E-state index contributed by atoms with van der Waals surface area (Å²) in [5, 5.41) is 21.5. The fourth-order valence-electron chi connectivity index (χ4n) is 1.94. The Morgan fingerprint density at radius 3 is 2.61 bits per heavy atom. The Labute approximate surface area is 104 Å². The molecule has 94 valence electrons. The van der Waals surface area contributed by atoms with Gasteiger partial charge in [-0.1, -0.05) is 13.8 Å². The van der Waals surface area contributed by atoms with Gasteiger partial charge < -0.3 is 5.11 Å². The second-order valence-electron chi connectivity index (χ2n) is 3.79. The third-order valence-corrected chi connectivity index (χ3v) is 2.76. The monoisotopic (exact) mass is 246 g/mol. The molecule has 0 saturated heterocycles. The standard InChI is InChI=1S/C12H14N4O2/c1-3-8-9(4-2)14-15-11(10(8)12(17)18)16-7-5-6-13-16/h5-7H,3-4H2,1-2H3,(H,17,18). The van der Waals surface area contributed by atoms with Gasteiger partial charge >= 0.3 is 5.97 Å². The van der Waals surface area contributed by atoms with Crippen molar-refractivity contribution >= 4 is 5.97 Å². The third-order valence-electron chi connectivity index (χ3n) is 2.76. The van der Waals surface area contributed by atoms with Crippen LogP contribution in [0, 0.1) is 0 Å². The molecular formula is C12H14N4O2. The first-order valence-corrected chi connectivity index (χ1v) is 5.80. The van der Waals surface area contributed by atoms with E-state index in [1.54, 1.807) is 18.5 Å². The molecule has 0 aliphatic carbocycles. The van der Waals surface area contributed by atoms with Crippen molar-refractivity contribution in [1.82, 2.24) is 20.0 Å². The Morgan fingerprint density at radius 1 is 1.33 bits per heavy atom. The minimum atomic E-state index is -0.998. The fourth-order valence-corrected chi connectivity index (χ4v) is 1.94. The van der Waals surface area contributed by atoms with Crippen molar-refractivity contribution in [2.75, 3.05) is 0 Å². The van der Waals surface area contributed by atoms with Gasteiger partial charge in [0.25, 0.3) is 0 Å². The van der Waals surface area contributed by atoms with E-state index in [1.165, 1.54) is 4.68 Å². The van der Waals surface area contributed by atoms with Crippen LogP contribution in [0.5, 0.6) is 0 Å². The first-order valence-electron chi connectivity index (χ1n) is 5.80. The number of aryl methyl sites for hydroxylation is 1. The highest BCUT2D eigenvalue weighted by Gasteiger charge is 2.21. The molecule has 2 aromatic heterocycles. The number of rotatable bonds is 4. The predicted octanol–water partition coefficient (Wildman–Crippen LogP) is 1.49. The zero-order valence-corrected chi connectivity index (χ0v) is 10.3. The normalized spacial score (nSPS) is 10.6. The molecule has 0 saturated carbocycles. The lowest BCUT2D eigenvalue weighted by molar-refractivity contribution is 0.0694. The number of carboxylic acids is 1. The summed E-state index contributed by atoms with van der Waals surface area (Å²) >= 11 is 0. The van der Waals surface area contributed by atoms with Crippen LogP contribution in [0.4, 0.5) is 0 Å². The Morgan fingerprint density at radius 2 is 2.11 bits per heavy atom. The summed E-state index contributed by atoms with van der Waals surface area (Å²) in [6.45, 7) is 3.85. The van der Waals surface area contributed by atoms with Gasteiger partial charge in [0.05, 0.1) is 5.69 Å². The Balaban J connectivity index is 2.71. The van der Waals surface area contributed by atoms with Crippen molar-refractivity contribution in [1.29, 1.82) is 0 Å². The van der Waals surface area contributed by atoms with Crippen LogP contribution < -0.4 is 0 Å². The van der Waals surface area contributed by atoms with Crippen molar-refractivity contribution in [2.45, 2.75) is 26.7 Å². The van der Waals surface area contributed by atoms with E-state index < -0.39 is 5.97 Å². The van der Waals surface area contributed by atoms with Crippen molar-refractivity contribution in [2.24, 2.45) is 0 Å². The van der Waals surface area contributed by atoms with Crippen LogP contribution in [0.3, 0.4) is 0 Å². The van der Waals surface area contributed by atoms with Crippen LogP contribution in [0.2, 0.25) is 0 Å². The molecule has 0 aliphatic rings. The summed E-state index contributed by atoms with van der Waals surface area (Å²) in [5.74, 6) is -0.733. The van der Waals surface area contributed by atoms with Crippen LogP contribution in [-0.4, -0.2) is 31.1 Å². The quantitative estimate of drug-likeness (QED) is 0.883. The smallest absolute Gasteiger partial charge is 0.339 e. The highest BCUT2D eigenvalue weighted by atomic mass is 16.4. The van der Waals surface area contributed by atoms with Gasteiger partial charge in [-0.05, 0) is 24.5 Å². The van der Waals surface area contributed by atoms with E-state index in [1.807, 2.05) is 13.8 Å². The van der Waals surface area contributed by atoms with Crippen LogP contribution in [-0.2, 0) is 12.8 Å². The molecule has 0 atom stereocenters. The van der Waals surface area contributed by atoms with Gasteiger partial charge in [0.2, 0.25) is 0 Å². The predicted molar refractivity (Wildman–Crippen MR) is 64.9 cm³/mol. The van der Waals surface area contributed by atoms with Gasteiger partial charge in [-0.15, -0.1) is 5.10 Å². The Bertz CT molecular complexity index is 564. The molecule has 0 fully saturated rings. The number of carboxylic acid groups (broad SMARTS) is 1. The fraction of sp³-hybridized carbons (Fsp3) is 0.333. The molecule has 0 radical (unpaired) electrons. The highest BCUT2D eigenvalue weighted by Crippen LogP contribution is 2.19. The first-order chi connectivity index (χ1) is 8.69. The number of hydrogen-bond acceptors (Lipinski definition) is 4. The average Bonchev–Trinajstić information content (AvgIpc) is 2.90. The van der Waals surface area contributed by atoms with Crippen LogP contribution in [0.25, 0.3) is 5.82 Å². The maximum absolute atomic E-state index is 11.5. The van der Waals surface area contributed by atoms with Gasteiger partial charge in [0.15, 0.2) is 5.82 Å². The van der Waals surface area contributed by atoms with E-state index in [-0.39, 0.29) is 11.4 Å². The van der Waals surface area contributed by atoms with Gasteiger partial charge in [-0.2, -0.15) is 10.2 Å². The molecule has 18 heavy (non-hydrogen) atoms. The van der Waals surface area contributed by atoms with Gasteiger partial charge in [-0.3, -0.25) is 0 Å². The van der Waals surface area contributed by atoms with Gasteiger partial charge in [0, 0.05) is 12.4 Å². The molecule has 0 aromatic carbocycles. The summed E-state index contributed by atoms with van der Waals surface area (Å²) < 4.78 is 1.43. The van der Waals surface area contributed by atoms with E-state index in [9.17, 15) is 9.90 Å². The maximum Gasteiger partial charge on any atom is 0.339 e. The lowest BCUT2D eigenvalue weighted by atomic mass is 10.0. The van der Waals surface area contributed by atoms with E-state index in [0.29, 0.717) is 12.8 Å². The average molecular weight is 246 g/mol. The van der Waals surface area contributed by atoms with E-state index in [0.717, 1.165) is 11.3 Å². The summed E-state index contributed by atoms with van der Waals surface area (Å²) in [6, 6.07) is 1.71. The minimum Gasteiger partial charge on any atom is -0.478 e. The molecule has 0 bridgehead atoms. The molecular weight excluding hydrogens is 232 g/mol. The second kappa shape index (κ2) is 4.95. The Kier molecular flexibility index (Phi) is 3.36. The number of aromatic nitrogens is 4. The molecule has 0 unspecified atom stereocenters. The third kappa shape index (κ3) is 1.97. The zero-order valence-electron chi connectivity index (χ0n) is 10.3. The maximum atomic E-state index is 11.5. The molecule has 6 nitrogen and oxygen atoms in total. The summed E-state index contributed by atoms with van der Waals surface area (Å²) in [6.07, 6.45) is 4.50. The molecule has 6 heteroatoms. The summed E-state index contributed by atoms with van der Waals surface area (Å²) in [4.78, 5) is 11.5. The Hall–Kier alpha value is -2.24. The first kappa shape index (κ1) is 12.2. The summed E-state index contributed by atoms with van der Waals surface area (Å²) in [7, 11) is 0. The largest absolute Gasteiger partial charge is 0.478 e. The van der Waals surface area contributed by atoms with Crippen molar-refractivity contribution in [3.63, 3.8) is 0 Å². The van der Waals surface area contributed by atoms with E-state index >= 15 is 0 Å². The molecule has 1 N–H and O–H groups in total. The number of carbonyl (C=O) groups is 1. The number of hydrogen-bond donors (Lipinski definition) is 1. The van der Waals surface area contributed by atoms with Crippen LogP contribution in [0.1, 0.15) is 35.5 Å². The lowest BCUT2D eigenvalue weighted by Gasteiger charge is -2.11. The minimum absolute atomic E-state index is 0.188. The molecule has 2 heterocycles. The van der Waals surface area contributed by atoms with E-state index in [4.69, 9.17) is 0 Å². The molecule has 0 amide bonds. The highest BCUT2D eigenvalue weighted by molar-refractivity contribution is 5.93. The molecule has 0 aliphatic heterocycles. The van der Waals surface area contributed by atoms with Crippen molar-refractivity contribution in [3.8, 4) is 5.82 Å². The van der Waals surface area contributed by atoms with E-state index in [2.05, 4.69) is 15.3 Å². The molecule has 0 spiro atoms. The number of nitrogens with zero attached hydrogens (tertiary/aromatic N) is 4. The molecule has 2 rings (SSSR count). The van der Waals surface area contributed by atoms with Gasteiger partial charge in [0.1, 0.15) is 5.56 Å². The second-order valence-corrected chi connectivity index (χ2v) is 3.79. The van der Waals surface area contributed by atoms with Crippen LogP contribution >= 0.6 is 0 Å². The summed E-state index contributed by atoms with van der Waals surface area (Å²) in [5.41, 5.74) is 1.64. The zero-order chi connectivity index (χ0) is 13.1. The van der Waals surface area contributed by atoms with Crippen LogP contribution in [0.15, 0.2) is 18.5 Å². The topological polar surface area (TPSA) is 80.9 Å². The molecule has 2 aromatic rings. The lowest BCUT2D eigenvalue weighted by Crippen LogP contribution is -2.15. The SMILES string of the molecule is CCc1nnc(-n2cccn2)c(C(=O)O)c1CC. The van der Waals surface area contributed by atoms with Crippen molar-refractivity contribution < 1.29 is 9.90 Å². The van der Waals surface area contributed by atoms with Crippen molar-refractivity contribution in [3.05, 3.63) is 35.3 Å².